The zero-order chi connectivity index (χ0) is 15.0. The average Bonchev–Trinajstić information content (AvgIpc) is 2.41. The molecule has 0 bridgehead atoms. The van der Waals surface area contributed by atoms with Crippen molar-refractivity contribution in [3.63, 3.8) is 0 Å². The van der Waals surface area contributed by atoms with E-state index in [2.05, 4.69) is 10.3 Å². The fraction of sp³-hybridized carbons (Fsp3) is 0.615. The fourth-order valence-corrected chi connectivity index (χ4v) is 1.98. The van der Waals surface area contributed by atoms with E-state index in [1.54, 1.807) is 13.1 Å². The number of aromatic nitrogens is 1. The summed E-state index contributed by atoms with van der Waals surface area (Å²) in [6, 6.07) is 2.74. The smallest absolute Gasteiger partial charge is 0.251 e. The Morgan fingerprint density at radius 3 is 2.60 bits per heavy atom. The van der Waals surface area contributed by atoms with Gasteiger partial charge in [0.25, 0.3) is 6.43 Å². The lowest BCUT2D eigenvalue weighted by Crippen LogP contribution is -2.34. The topological polar surface area (TPSA) is 48.4 Å². The Morgan fingerprint density at radius 1 is 1.35 bits per heavy atom. The molecule has 114 valence electrons. The minimum Gasteiger partial charge on any atom is -0.395 e. The molecule has 2 N–H and O–H groups in total. The summed E-state index contributed by atoms with van der Waals surface area (Å²) in [4.78, 5) is 5.48. The third-order valence-electron chi connectivity index (χ3n) is 3.00. The summed E-state index contributed by atoms with van der Waals surface area (Å²) in [5, 5.41) is 11.9. The number of pyridine rings is 1. The van der Waals surface area contributed by atoms with E-state index >= 15 is 0 Å². The standard InChI is InChI=1S/C13H20F3N3O/c1-17-11(12-3-2-10(14)8-18-12)4-5-19(6-7-20)9-13(15)16/h2-3,8,11,13,17,20H,4-7,9H2,1H3. The van der Waals surface area contributed by atoms with Crippen LogP contribution in [0, 0.1) is 5.82 Å². The highest BCUT2D eigenvalue weighted by Gasteiger charge is 2.16. The normalized spacial score (nSPS) is 13.2. The molecular weight excluding hydrogens is 271 g/mol. The van der Waals surface area contributed by atoms with E-state index in [-0.39, 0.29) is 25.7 Å². The van der Waals surface area contributed by atoms with Gasteiger partial charge in [-0.3, -0.25) is 9.88 Å². The lowest BCUT2D eigenvalue weighted by atomic mass is 10.1. The van der Waals surface area contributed by atoms with E-state index in [1.165, 1.54) is 11.0 Å². The molecule has 0 spiro atoms. The molecule has 0 fully saturated rings. The number of hydrogen-bond acceptors (Lipinski definition) is 4. The van der Waals surface area contributed by atoms with Crippen molar-refractivity contribution in [2.75, 3.05) is 33.3 Å². The van der Waals surface area contributed by atoms with Gasteiger partial charge >= 0.3 is 0 Å². The summed E-state index contributed by atoms with van der Waals surface area (Å²) in [5.74, 6) is -0.414. The molecule has 1 aromatic heterocycles. The maximum absolute atomic E-state index is 12.8. The van der Waals surface area contributed by atoms with Crippen molar-refractivity contribution in [1.82, 2.24) is 15.2 Å². The monoisotopic (exact) mass is 291 g/mol. The van der Waals surface area contributed by atoms with Crippen molar-refractivity contribution >= 4 is 0 Å². The third-order valence-corrected chi connectivity index (χ3v) is 3.00. The number of hydrogen-bond donors (Lipinski definition) is 2. The molecule has 0 radical (unpaired) electrons. The Morgan fingerprint density at radius 2 is 2.10 bits per heavy atom. The first kappa shape index (κ1) is 16.9. The van der Waals surface area contributed by atoms with E-state index in [0.29, 0.717) is 18.7 Å². The van der Waals surface area contributed by atoms with Crippen molar-refractivity contribution < 1.29 is 18.3 Å². The van der Waals surface area contributed by atoms with Crippen LogP contribution in [0.4, 0.5) is 13.2 Å². The highest BCUT2D eigenvalue weighted by molar-refractivity contribution is 5.09. The molecule has 20 heavy (non-hydrogen) atoms. The first-order valence-electron chi connectivity index (χ1n) is 6.47. The van der Waals surface area contributed by atoms with Crippen molar-refractivity contribution in [1.29, 1.82) is 0 Å². The lowest BCUT2D eigenvalue weighted by molar-refractivity contribution is 0.0762. The van der Waals surface area contributed by atoms with Crippen LogP contribution in [0.1, 0.15) is 18.2 Å². The summed E-state index contributed by atoms with van der Waals surface area (Å²) in [6.45, 7) is 0.0761. The van der Waals surface area contributed by atoms with E-state index in [9.17, 15) is 13.2 Å². The van der Waals surface area contributed by atoms with Crippen molar-refractivity contribution in [2.45, 2.75) is 18.9 Å². The van der Waals surface area contributed by atoms with Crippen LogP contribution < -0.4 is 5.32 Å². The number of aliphatic hydroxyl groups excluding tert-OH is 1. The van der Waals surface area contributed by atoms with Crippen molar-refractivity contribution in [3.05, 3.63) is 29.8 Å². The summed E-state index contributed by atoms with van der Waals surface area (Å²) in [5.41, 5.74) is 0.662. The number of alkyl halides is 2. The highest BCUT2D eigenvalue weighted by Crippen LogP contribution is 2.15. The molecule has 1 aromatic rings. The molecule has 1 atom stereocenters. The summed E-state index contributed by atoms with van der Waals surface area (Å²) >= 11 is 0. The Bertz CT molecular complexity index is 376. The predicted molar refractivity (Wildman–Crippen MR) is 70.1 cm³/mol. The Labute approximate surface area is 116 Å². The van der Waals surface area contributed by atoms with Crippen molar-refractivity contribution in [2.24, 2.45) is 0 Å². The molecule has 0 aliphatic rings. The zero-order valence-corrected chi connectivity index (χ0v) is 11.4. The fourth-order valence-electron chi connectivity index (χ4n) is 1.98. The number of nitrogens with zero attached hydrogens (tertiary/aromatic N) is 2. The quantitative estimate of drug-likeness (QED) is 0.722. The summed E-state index contributed by atoms with van der Waals surface area (Å²) in [7, 11) is 1.74. The minimum absolute atomic E-state index is 0.144. The second-order valence-electron chi connectivity index (χ2n) is 4.45. The predicted octanol–water partition coefficient (Wildman–Crippen LogP) is 1.43. The molecule has 0 saturated heterocycles. The summed E-state index contributed by atoms with van der Waals surface area (Å²) in [6.07, 6.45) is -0.759. The van der Waals surface area contributed by atoms with Crippen molar-refractivity contribution in [3.8, 4) is 0 Å². The van der Waals surface area contributed by atoms with E-state index in [4.69, 9.17) is 5.11 Å². The van der Waals surface area contributed by atoms with Crippen LogP contribution >= 0.6 is 0 Å². The minimum atomic E-state index is -2.43. The number of rotatable bonds is 9. The van der Waals surface area contributed by atoms with Crippen LogP contribution in [0.2, 0.25) is 0 Å². The Kier molecular flexibility index (Phi) is 7.50. The van der Waals surface area contributed by atoms with E-state index in [0.717, 1.165) is 6.20 Å². The van der Waals surface area contributed by atoms with Gasteiger partial charge in [0.05, 0.1) is 31.1 Å². The zero-order valence-electron chi connectivity index (χ0n) is 11.4. The molecule has 1 rings (SSSR count). The van der Waals surface area contributed by atoms with Gasteiger partial charge in [0.15, 0.2) is 0 Å². The van der Waals surface area contributed by atoms with Gasteiger partial charge < -0.3 is 10.4 Å². The second kappa shape index (κ2) is 8.89. The van der Waals surface area contributed by atoms with Gasteiger partial charge in [-0.2, -0.15) is 0 Å². The third kappa shape index (κ3) is 5.85. The molecule has 1 heterocycles. The van der Waals surface area contributed by atoms with Crippen LogP contribution in [-0.4, -0.2) is 54.7 Å². The number of aliphatic hydroxyl groups is 1. The van der Waals surface area contributed by atoms with Gasteiger partial charge in [0, 0.05) is 13.1 Å². The molecule has 0 saturated carbocycles. The van der Waals surface area contributed by atoms with Crippen LogP contribution in [0.15, 0.2) is 18.3 Å². The van der Waals surface area contributed by atoms with Crippen LogP contribution in [0.3, 0.4) is 0 Å². The second-order valence-corrected chi connectivity index (χ2v) is 4.45. The molecule has 0 aliphatic heterocycles. The number of halogens is 3. The van der Waals surface area contributed by atoms with Crippen LogP contribution in [-0.2, 0) is 0 Å². The molecule has 0 aromatic carbocycles. The molecule has 0 amide bonds. The SMILES string of the molecule is CNC(CCN(CCO)CC(F)F)c1ccc(F)cn1. The first-order valence-corrected chi connectivity index (χ1v) is 6.47. The molecule has 7 heteroatoms. The van der Waals surface area contributed by atoms with E-state index in [1.807, 2.05) is 0 Å². The van der Waals surface area contributed by atoms with Gasteiger partial charge in [-0.25, -0.2) is 13.2 Å². The number of nitrogens with one attached hydrogen (secondary N) is 1. The van der Waals surface area contributed by atoms with E-state index < -0.39 is 12.2 Å². The maximum Gasteiger partial charge on any atom is 0.251 e. The Hall–Kier alpha value is -1.18. The molecular formula is C13H20F3N3O. The average molecular weight is 291 g/mol. The Balaban J connectivity index is 2.56. The van der Waals surface area contributed by atoms with Crippen LogP contribution in [0.25, 0.3) is 0 Å². The summed E-state index contributed by atoms with van der Waals surface area (Å²) < 4.78 is 37.6. The molecule has 0 aliphatic carbocycles. The highest BCUT2D eigenvalue weighted by atomic mass is 19.3. The van der Waals surface area contributed by atoms with Gasteiger partial charge in [-0.15, -0.1) is 0 Å². The first-order chi connectivity index (χ1) is 9.56. The van der Waals surface area contributed by atoms with Crippen LogP contribution in [0.5, 0.6) is 0 Å². The lowest BCUT2D eigenvalue weighted by Gasteiger charge is -2.23. The van der Waals surface area contributed by atoms with Gasteiger partial charge in [-0.1, -0.05) is 0 Å². The largest absolute Gasteiger partial charge is 0.395 e. The van der Waals surface area contributed by atoms with Gasteiger partial charge in [-0.05, 0) is 25.6 Å². The maximum atomic E-state index is 12.8. The van der Waals surface area contributed by atoms with Gasteiger partial charge in [0.2, 0.25) is 0 Å². The van der Waals surface area contributed by atoms with Gasteiger partial charge in [0.1, 0.15) is 5.82 Å². The molecule has 1 unspecified atom stereocenters. The molecule has 4 nitrogen and oxygen atoms in total.